The van der Waals surface area contributed by atoms with Crippen molar-refractivity contribution in [3.05, 3.63) is 0 Å². The van der Waals surface area contributed by atoms with Gasteiger partial charge in [-0.1, -0.05) is 13.3 Å². The first kappa shape index (κ1) is 14.2. The molecule has 4 nitrogen and oxygen atoms in total. The Hall–Kier alpha value is -0.770. The molecule has 0 heterocycles. The van der Waals surface area contributed by atoms with Crippen molar-refractivity contribution in [1.82, 2.24) is 10.6 Å². The van der Waals surface area contributed by atoms with Crippen LogP contribution < -0.4 is 10.6 Å². The summed E-state index contributed by atoms with van der Waals surface area (Å²) in [7, 11) is 0. The SMILES string of the molecule is CCCCNCCCCOC(=O)NCC. The number of rotatable bonds is 9. The number of carbonyl (C=O) groups excluding carboxylic acids is 1. The summed E-state index contributed by atoms with van der Waals surface area (Å²) in [5.41, 5.74) is 0. The zero-order chi connectivity index (χ0) is 11.4. The van der Waals surface area contributed by atoms with Crippen LogP contribution in [-0.2, 0) is 4.74 Å². The monoisotopic (exact) mass is 216 g/mol. The predicted octanol–water partition coefficient (Wildman–Crippen LogP) is 1.90. The first-order chi connectivity index (χ1) is 7.31. The Balaban J connectivity index is 3.01. The molecule has 90 valence electrons. The summed E-state index contributed by atoms with van der Waals surface area (Å²) in [5, 5.41) is 5.93. The minimum absolute atomic E-state index is 0.309. The van der Waals surface area contributed by atoms with Crippen molar-refractivity contribution in [2.75, 3.05) is 26.2 Å². The molecule has 0 fully saturated rings. The molecule has 2 N–H and O–H groups in total. The van der Waals surface area contributed by atoms with Gasteiger partial charge < -0.3 is 15.4 Å². The van der Waals surface area contributed by atoms with Crippen LogP contribution in [-0.4, -0.2) is 32.3 Å². The summed E-state index contributed by atoms with van der Waals surface area (Å²) >= 11 is 0. The minimum atomic E-state index is -0.309. The van der Waals surface area contributed by atoms with Crippen molar-refractivity contribution >= 4 is 6.09 Å². The van der Waals surface area contributed by atoms with Gasteiger partial charge in [-0.25, -0.2) is 4.79 Å². The largest absolute Gasteiger partial charge is 0.450 e. The van der Waals surface area contributed by atoms with Crippen molar-refractivity contribution in [1.29, 1.82) is 0 Å². The molecule has 0 aromatic heterocycles. The van der Waals surface area contributed by atoms with Crippen LogP contribution in [0.2, 0.25) is 0 Å². The first-order valence-corrected chi connectivity index (χ1v) is 5.92. The van der Waals surface area contributed by atoms with Crippen LogP contribution in [0.5, 0.6) is 0 Å². The summed E-state index contributed by atoms with van der Waals surface area (Å²) in [6.07, 6.45) is 4.14. The average Bonchev–Trinajstić information content (AvgIpc) is 2.22. The molecule has 0 aliphatic rings. The standard InChI is InChI=1S/C11H24N2O2/c1-3-5-8-12-9-6-7-10-15-11(14)13-4-2/h12H,3-10H2,1-2H3,(H,13,14). The number of carbonyl (C=O) groups is 1. The predicted molar refractivity (Wildman–Crippen MR) is 62.0 cm³/mol. The third kappa shape index (κ3) is 11.2. The highest BCUT2D eigenvalue weighted by Crippen LogP contribution is 1.90. The molecule has 0 aromatic carbocycles. The van der Waals surface area contributed by atoms with Gasteiger partial charge >= 0.3 is 6.09 Å². The Morgan fingerprint density at radius 3 is 2.53 bits per heavy atom. The van der Waals surface area contributed by atoms with Gasteiger partial charge in [0.1, 0.15) is 0 Å². The van der Waals surface area contributed by atoms with E-state index < -0.39 is 0 Å². The molecule has 0 aromatic rings. The van der Waals surface area contributed by atoms with Crippen LogP contribution in [0.1, 0.15) is 39.5 Å². The van der Waals surface area contributed by atoms with Gasteiger partial charge in [0.25, 0.3) is 0 Å². The van der Waals surface area contributed by atoms with Crippen molar-refractivity contribution in [2.45, 2.75) is 39.5 Å². The molecule has 0 aliphatic carbocycles. The van der Waals surface area contributed by atoms with E-state index in [1.54, 1.807) is 0 Å². The van der Waals surface area contributed by atoms with E-state index in [1.165, 1.54) is 12.8 Å². The molecule has 0 bridgehead atoms. The lowest BCUT2D eigenvalue weighted by Gasteiger charge is -2.05. The van der Waals surface area contributed by atoms with E-state index in [0.29, 0.717) is 13.2 Å². The van der Waals surface area contributed by atoms with Gasteiger partial charge in [-0.05, 0) is 39.3 Å². The second-order valence-electron chi connectivity index (χ2n) is 3.48. The fraction of sp³-hybridized carbons (Fsp3) is 0.909. The smallest absolute Gasteiger partial charge is 0.407 e. The summed E-state index contributed by atoms with van der Waals surface area (Å²) in [5.74, 6) is 0. The molecule has 1 amide bonds. The summed E-state index contributed by atoms with van der Waals surface area (Å²) < 4.78 is 4.93. The van der Waals surface area contributed by atoms with Crippen LogP contribution in [0, 0.1) is 0 Å². The Bertz CT molecular complexity index is 152. The summed E-state index contributed by atoms with van der Waals surface area (Å²) in [6, 6.07) is 0. The second-order valence-corrected chi connectivity index (χ2v) is 3.48. The highest BCUT2D eigenvalue weighted by Gasteiger charge is 1.97. The fourth-order valence-electron chi connectivity index (χ4n) is 1.14. The van der Waals surface area contributed by atoms with Gasteiger partial charge in [-0.15, -0.1) is 0 Å². The normalized spacial score (nSPS) is 10.0. The molecule has 15 heavy (non-hydrogen) atoms. The van der Waals surface area contributed by atoms with Crippen LogP contribution in [0.15, 0.2) is 0 Å². The highest BCUT2D eigenvalue weighted by atomic mass is 16.5. The third-order valence-corrected chi connectivity index (χ3v) is 2.01. The molecule has 0 rings (SSSR count). The van der Waals surface area contributed by atoms with Crippen molar-refractivity contribution < 1.29 is 9.53 Å². The summed E-state index contributed by atoms with van der Waals surface area (Å²) in [4.78, 5) is 10.9. The van der Waals surface area contributed by atoms with Crippen LogP contribution in [0.4, 0.5) is 4.79 Å². The lowest BCUT2D eigenvalue weighted by molar-refractivity contribution is 0.144. The number of hydrogen-bond acceptors (Lipinski definition) is 3. The van der Waals surface area contributed by atoms with Gasteiger partial charge in [0.2, 0.25) is 0 Å². The molecular formula is C11H24N2O2. The van der Waals surface area contributed by atoms with Gasteiger partial charge in [0.15, 0.2) is 0 Å². The minimum Gasteiger partial charge on any atom is -0.450 e. The van der Waals surface area contributed by atoms with Crippen molar-refractivity contribution in [2.24, 2.45) is 0 Å². The molecule has 0 radical (unpaired) electrons. The Kier molecular flexibility index (Phi) is 10.7. The van der Waals surface area contributed by atoms with E-state index in [0.717, 1.165) is 25.9 Å². The molecule has 4 heteroatoms. The third-order valence-electron chi connectivity index (χ3n) is 2.01. The Labute approximate surface area is 92.8 Å². The van der Waals surface area contributed by atoms with E-state index in [4.69, 9.17) is 4.74 Å². The topological polar surface area (TPSA) is 50.4 Å². The quantitative estimate of drug-likeness (QED) is 0.579. The molecule has 0 saturated carbocycles. The maximum absolute atomic E-state index is 10.9. The van der Waals surface area contributed by atoms with Gasteiger partial charge in [-0.3, -0.25) is 0 Å². The molecule has 0 unspecified atom stereocenters. The number of nitrogens with one attached hydrogen (secondary N) is 2. The zero-order valence-electron chi connectivity index (χ0n) is 9.97. The van der Waals surface area contributed by atoms with Gasteiger partial charge in [0, 0.05) is 6.54 Å². The Morgan fingerprint density at radius 1 is 1.13 bits per heavy atom. The molecule has 0 aliphatic heterocycles. The lowest BCUT2D eigenvalue weighted by atomic mass is 10.3. The molecule has 0 saturated heterocycles. The van der Waals surface area contributed by atoms with Crippen LogP contribution in [0.3, 0.4) is 0 Å². The Morgan fingerprint density at radius 2 is 1.87 bits per heavy atom. The first-order valence-electron chi connectivity index (χ1n) is 5.92. The van der Waals surface area contributed by atoms with E-state index in [-0.39, 0.29) is 6.09 Å². The fourth-order valence-corrected chi connectivity index (χ4v) is 1.14. The average molecular weight is 216 g/mol. The van der Waals surface area contributed by atoms with E-state index in [1.807, 2.05) is 6.92 Å². The molecule has 0 atom stereocenters. The number of hydrogen-bond donors (Lipinski definition) is 2. The number of alkyl carbamates (subject to hydrolysis) is 1. The zero-order valence-corrected chi connectivity index (χ0v) is 9.97. The van der Waals surface area contributed by atoms with Crippen molar-refractivity contribution in [3.8, 4) is 0 Å². The number of amides is 1. The second kappa shape index (κ2) is 11.3. The molecule has 0 spiro atoms. The van der Waals surface area contributed by atoms with Gasteiger partial charge in [-0.2, -0.15) is 0 Å². The van der Waals surface area contributed by atoms with E-state index in [9.17, 15) is 4.79 Å². The van der Waals surface area contributed by atoms with E-state index >= 15 is 0 Å². The van der Waals surface area contributed by atoms with Gasteiger partial charge in [0.05, 0.1) is 6.61 Å². The van der Waals surface area contributed by atoms with E-state index in [2.05, 4.69) is 17.6 Å². The maximum Gasteiger partial charge on any atom is 0.407 e. The van der Waals surface area contributed by atoms with Crippen LogP contribution in [0.25, 0.3) is 0 Å². The maximum atomic E-state index is 10.9. The molecular weight excluding hydrogens is 192 g/mol. The summed E-state index contributed by atoms with van der Waals surface area (Å²) in [6.45, 7) is 7.30. The lowest BCUT2D eigenvalue weighted by Crippen LogP contribution is -2.24. The van der Waals surface area contributed by atoms with Crippen molar-refractivity contribution in [3.63, 3.8) is 0 Å². The number of unbranched alkanes of at least 4 members (excludes halogenated alkanes) is 2. The number of ether oxygens (including phenoxy) is 1. The highest BCUT2D eigenvalue weighted by molar-refractivity contribution is 5.66. The van der Waals surface area contributed by atoms with Crippen LogP contribution >= 0.6 is 0 Å².